The van der Waals surface area contributed by atoms with E-state index in [1.807, 2.05) is 19.9 Å². The molecule has 6 heteroatoms. The van der Waals surface area contributed by atoms with Crippen LogP contribution in [0, 0.1) is 34.9 Å². The Morgan fingerprint density at radius 1 is 1.42 bits per heavy atom. The minimum absolute atomic E-state index is 0.00739. The number of allylic oxidation sites excluding steroid dienone is 1. The molecule has 5 nitrogen and oxygen atoms in total. The van der Waals surface area contributed by atoms with Gasteiger partial charge in [-0.15, -0.1) is 0 Å². The highest BCUT2D eigenvalue weighted by atomic mass is 19.1. The number of nitrogens with zero attached hydrogens (tertiary/aromatic N) is 3. The van der Waals surface area contributed by atoms with Gasteiger partial charge < -0.3 is 4.90 Å². The zero-order chi connectivity index (χ0) is 17.7. The Bertz CT molecular complexity index is 814. The molecule has 0 atom stereocenters. The van der Waals surface area contributed by atoms with Crippen molar-refractivity contribution in [1.29, 1.82) is 5.26 Å². The Labute approximate surface area is 139 Å². The summed E-state index contributed by atoms with van der Waals surface area (Å²) in [6, 6.07) is 3.40. The largest absolute Gasteiger partial charge is 0.337 e. The molecule has 124 valence electrons. The van der Waals surface area contributed by atoms with Crippen LogP contribution in [0.2, 0.25) is 0 Å². The number of ketones is 1. The Morgan fingerprint density at radius 3 is 2.71 bits per heavy atom. The average molecular weight is 327 g/mol. The first-order valence-corrected chi connectivity index (χ1v) is 7.77. The van der Waals surface area contributed by atoms with Crippen LogP contribution in [0.1, 0.15) is 36.3 Å². The van der Waals surface area contributed by atoms with Crippen molar-refractivity contribution in [2.75, 3.05) is 13.1 Å². The molecule has 1 aliphatic carbocycles. The number of amides is 1. The molecule has 0 radical (unpaired) electrons. The summed E-state index contributed by atoms with van der Waals surface area (Å²) in [5, 5.41) is 9.19. The lowest BCUT2D eigenvalue weighted by Crippen LogP contribution is -2.61. The molecular weight excluding hydrogens is 309 g/mol. The molecule has 0 aromatic carbocycles. The Hall–Kier alpha value is -2.55. The van der Waals surface area contributed by atoms with Crippen LogP contribution >= 0.6 is 0 Å². The molecule has 1 aromatic heterocycles. The maximum absolute atomic E-state index is 13.9. The van der Waals surface area contributed by atoms with Gasteiger partial charge in [-0.25, -0.2) is 4.39 Å². The van der Waals surface area contributed by atoms with Crippen molar-refractivity contribution in [2.45, 2.75) is 27.2 Å². The Kier molecular flexibility index (Phi) is 3.56. The van der Waals surface area contributed by atoms with Crippen LogP contribution in [0.25, 0.3) is 0 Å². The van der Waals surface area contributed by atoms with E-state index >= 15 is 0 Å². The highest BCUT2D eigenvalue weighted by molar-refractivity contribution is 6.04. The molecule has 1 saturated heterocycles. The first kappa shape index (κ1) is 16.3. The molecule has 2 heterocycles. The predicted molar refractivity (Wildman–Crippen MR) is 84.4 cm³/mol. The van der Waals surface area contributed by atoms with Crippen molar-refractivity contribution < 1.29 is 14.0 Å². The summed E-state index contributed by atoms with van der Waals surface area (Å²) in [4.78, 5) is 30.1. The SMILES string of the molecule is Cc1cc(C(=O)N2CC3(C=C(C#N)C(=O)C(C)(C)C3)C2)c(F)cn1. The molecule has 24 heavy (non-hydrogen) atoms. The van der Waals surface area contributed by atoms with Gasteiger partial charge in [-0.05, 0) is 19.4 Å². The van der Waals surface area contributed by atoms with Gasteiger partial charge in [-0.1, -0.05) is 19.9 Å². The zero-order valence-electron chi connectivity index (χ0n) is 13.9. The molecule has 1 spiro atoms. The molecule has 0 bridgehead atoms. The normalized spacial score (nSPS) is 21.0. The monoisotopic (exact) mass is 327 g/mol. The number of rotatable bonds is 1. The van der Waals surface area contributed by atoms with Crippen molar-refractivity contribution in [3.63, 3.8) is 0 Å². The van der Waals surface area contributed by atoms with Gasteiger partial charge in [0, 0.05) is 29.6 Å². The molecule has 1 aliphatic heterocycles. The highest BCUT2D eigenvalue weighted by Crippen LogP contribution is 2.48. The van der Waals surface area contributed by atoms with Gasteiger partial charge in [-0.2, -0.15) is 5.26 Å². The maximum atomic E-state index is 13.9. The molecule has 1 aromatic rings. The average Bonchev–Trinajstić information content (AvgIpc) is 2.49. The fraction of sp³-hybridized carbons (Fsp3) is 0.444. The second-order valence-electron chi connectivity index (χ2n) is 7.39. The van der Waals surface area contributed by atoms with Crippen LogP contribution < -0.4 is 0 Å². The van der Waals surface area contributed by atoms with E-state index in [4.69, 9.17) is 0 Å². The van der Waals surface area contributed by atoms with Crippen molar-refractivity contribution in [3.05, 3.63) is 41.0 Å². The van der Waals surface area contributed by atoms with Crippen molar-refractivity contribution in [1.82, 2.24) is 9.88 Å². The number of carbonyl (C=O) groups is 2. The molecule has 3 rings (SSSR count). The summed E-state index contributed by atoms with van der Waals surface area (Å²) in [5.41, 5.74) is -0.271. The second kappa shape index (κ2) is 5.23. The lowest BCUT2D eigenvalue weighted by molar-refractivity contribution is -0.127. The molecule has 1 fully saturated rings. The Balaban J connectivity index is 1.83. The molecule has 0 saturated carbocycles. The number of hydrogen-bond donors (Lipinski definition) is 0. The van der Waals surface area contributed by atoms with Gasteiger partial charge in [0.15, 0.2) is 11.6 Å². The lowest BCUT2D eigenvalue weighted by atomic mass is 9.61. The summed E-state index contributed by atoms with van der Waals surface area (Å²) < 4.78 is 13.9. The van der Waals surface area contributed by atoms with E-state index in [0.717, 1.165) is 6.20 Å². The number of nitriles is 1. The number of hydrogen-bond acceptors (Lipinski definition) is 4. The molecular formula is C18H18FN3O2. The van der Waals surface area contributed by atoms with Gasteiger partial charge in [-0.3, -0.25) is 14.6 Å². The molecule has 0 N–H and O–H groups in total. The minimum atomic E-state index is -0.640. The molecule has 0 unspecified atom stereocenters. The topological polar surface area (TPSA) is 74.1 Å². The number of likely N-dealkylation sites (tertiary alicyclic amines) is 1. The quantitative estimate of drug-likeness (QED) is 0.794. The number of carbonyl (C=O) groups excluding carboxylic acids is 2. The maximum Gasteiger partial charge on any atom is 0.257 e. The summed E-state index contributed by atoms with van der Waals surface area (Å²) in [5.74, 6) is -1.18. The van der Waals surface area contributed by atoms with Crippen molar-refractivity contribution in [3.8, 4) is 6.07 Å². The summed E-state index contributed by atoms with van der Waals surface area (Å²) in [6.45, 7) is 6.10. The van der Waals surface area contributed by atoms with E-state index < -0.39 is 11.2 Å². The highest BCUT2D eigenvalue weighted by Gasteiger charge is 2.52. The van der Waals surface area contributed by atoms with E-state index in [9.17, 15) is 19.2 Å². The van der Waals surface area contributed by atoms with E-state index in [-0.39, 0.29) is 28.2 Å². The van der Waals surface area contributed by atoms with Crippen LogP contribution in [-0.2, 0) is 4.79 Å². The third kappa shape index (κ3) is 2.50. The summed E-state index contributed by atoms with van der Waals surface area (Å²) in [7, 11) is 0. The fourth-order valence-corrected chi connectivity index (χ4v) is 3.77. The first-order chi connectivity index (χ1) is 11.2. The second-order valence-corrected chi connectivity index (χ2v) is 7.39. The van der Waals surface area contributed by atoms with Crippen LogP contribution in [0.4, 0.5) is 4.39 Å². The number of halogens is 1. The number of aryl methyl sites for hydroxylation is 1. The number of aromatic nitrogens is 1. The predicted octanol–water partition coefficient (Wildman–Crippen LogP) is 2.42. The smallest absolute Gasteiger partial charge is 0.257 e. The number of Topliss-reactive ketones (excluding diaryl/α,β-unsaturated/α-hetero) is 1. The van der Waals surface area contributed by atoms with Gasteiger partial charge in [0.1, 0.15) is 6.07 Å². The minimum Gasteiger partial charge on any atom is -0.337 e. The third-order valence-corrected chi connectivity index (χ3v) is 4.75. The zero-order valence-corrected chi connectivity index (χ0v) is 13.9. The number of pyridine rings is 1. The van der Waals surface area contributed by atoms with E-state index in [1.165, 1.54) is 6.07 Å². The third-order valence-electron chi connectivity index (χ3n) is 4.75. The fourth-order valence-electron chi connectivity index (χ4n) is 3.77. The van der Waals surface area contributed by atoms with Crippen molar-refractivity contribution in [2.24, 2.45) is 10.8 Å². The van der Waals surface area contributed by atoms with Crippen LogP contribution in [0.5, 0.6) is 0 Å². The standard InChI is InChI=1S/C18H18FN3O2/c1-11-4-13(14(19)7-21-11)16(24)22-9-18(10-22)5-12(6-20)15(23)17(2,3)8-18/h4-5,7H,8-10H2,1-3H3. The Morgan fingerprint density at radius 2 is 2.08 bits per heavy atom. The molecule has 1 amide bonds. The van der Waals surface area contributed by atoms with Gasteiger partial charge in [0.05, 0.1) is 17.3 Å². The van der Waals surface area contributed by atoms with Gasteiger partial charge in [0.25, 0.3) is 5.91 Å². The summed E-state index contributed by atoms with van der Waals surface area (Å²) >= 11 is 0. The van der Waals surface area contributed by atoms with E-state index in [1.54, 1.807) is 17.9 Å². The van der Waals surface area contributed by atoms with Gasteiger partial charge >= 0.3 is 0 Å². The van der Waals surface area contributed by atoms with Gasteiger partial charge in [0.2, 0.25) is 0 Å². The van der Waals surface area contributed by atoms with Crippen LogP contribution in [-0.4, -0.2) is 34.7 Å². The summed E-state index contributed by atoms with van der Waals surface area (Å²) in [6.07, 6.45) is 3.32. The van der Waals surface area contributed by atoms with E-state index in [2.05, 4.69) is 4.98 Å². The van der Waals surface area contributed by atoms with Crippen LogP contribution in [0.3, 0.4) is 0 Å². The van der Waals surface area contributed by atoms with Crippen LogP contribution in [0.15, 0.2) is 23.9 Å². The lowest BCUT2D eigenvalue weighted by Gasteiger charge is -2.53. The van der Waals surface area contributed by atoms with Crippen molar-refractivity contribution >= 4 is 11.7 Å². The van der Waals surface area contributed by atoms with E-state index in [0.29, 0.717) is 25.2 Å². The molecule has 2 aliphatic rings. The first-order valence-electron chi connectivity index (χ1n) is 7.77.